The number of aromatic amines is 1. The van der Waals surface area contributed by atoms with Crippen LogP contribution >= 0.6 is 0 Å². The second-order valence-corrected chi connectivity index (χ2v) is 8.45. The summed E-state index contributed by atoms with van der Waals surface area (Å²) in [5.74, 6) is 2.93. The molecule has 0 saturated carbocycles. The Labute approximate surface area is 144 Å². The lowest BCUT2D eigenvalue weighted by atomic mass is 9.86. The average Bonchev–Trinajstić information content (AvgIpc) is 2.92. The van der Waals surface area contributed by atoms with Crippen LogP contribution in [0.2, 0.25) is 0 Å². The molecule has 0 bridgehead atoms. The van der Waals surface area contributed by atoms with Crippen LogP contribution in [0.4, 0.5) is 0 Å². The molecule has 0 aromatic carbocycles. The number of nitrogens with one attached hydrogen (secondary N) is 1. The number of imidazole rings is 1. The van der Waals surface area contributed by atoms with Crippen molar-refractivity contribution < 1.29 is 0 Å². The lowest BCUT2D eigenvalue weighted by Gasteiger charge is -2.22. The Balaban J connectivity index is 3.12. The number of rotatable bonds is 10. The molecule has 0 aliphatic rings. The summed E-state index contributed by atoms with van der Waals surface area (Å²) in [4.78, 5) is 8.89. The number of unbranched alkanes of at least 4 members (excludes halogenated alkanes) is 2. The average molecular weight is 321 g/mol. The molecule has 2 unspecified atom stereocenters. The second kappa shape index (κ2) is 8.89. The maximum atomic E-state index is 5.13. The first-order chi connectivity index (χ1) is 10.7. The van der Waals surface area contributed by atoms with Crippen molar-refractivity contribution in [3.05, 3.63) is 17.2 Å². The number of nitrogens with zero attached hydrogens (tertiary/aromatic N) is 1. The number of hydrogen-bond acceptors (Lipinski definition) is 1. The maximum Gasteiger partial charge on any atom is 0.112 e. The van der Waals surface area contributed by atoms with Crippen LogP contribution < -0.4 is 0 Å². The topological polar surface area (TPSA) is 28.7 Å². The molecule has 0 spiro atoms. The summed E-state index contributed by atoms with van der Waals surface area (Å²) >= 11 is 0. The molecule has 0 aliphatic carbocycles. The van der Waals surface area contributed by atoms with Crippen molar-refractivity contribution >= 4 is 0 Å². The summed E-state index contributed by atoms with van der Waals surface area (Å²) in [7, 11) is 0. The fourth-order valence-corrected chi connectivity index (χ4v) is 3.28. The largest absolute Gasteiger partial charge is 0.345 e. The third-order valence-electron chi connectivity index (χ3n) is 5.45. The van der Waals surface area contributed by atoms with Crippen molar-refractivity contribution in [2.75, 3.05) is 0 Å². The van der Waals surface area contributed by atoms with Crippen LogP contribution in [-0.2, 0) is 5.41 Å². The van der Waals surface area contributed by atoms with Gasteiger partial charge in [-0.2, -0.15) is 0 Å². The standard InChI is InChI=1S/C21H40N2/c1-9-11-12-14-21(7,8)20-22-18(16(5)13-10-2)19(23-20)17(6)15(3)4/h15-17H,9-14H2,1-8H3,(H,22,23). The van der Waals surface area contributed by atoms with E-state index in [9.17, 15) is 0 Å². The molecule has 0 saturated heterocycles. The van der Waals surface area contributed by atoms with Crippen molar-refractivity contribution in [2.45, 2.75) is 111 Å². The fourth-order valence-electron chi connectivity index (χ4n) is 3.28. The van der Waals surface area contributed by atoms with E-state index >= 15 is 0 Å². The van der Waals surface area contributed by atoms with E-state index in [4.69, 9.17) is 4.98 Å². The van der Waals surface area contributed by atoms with Crippen molar-refractivity contribution in [1.29, 1.82) is 0 Å². The van der Waals surface area contributed by atoms with E-state index in [1.165, 1.54) is 55.7 Å². The van der Waals surface area contributed by atoms with Gasteiger partial charge in [0.2, 0.25) is 0 Å². The molecule has 2 heteroatoms. The van der Waals surface area contributed by atoms with Gasteiger partial charge in [-0.1, -0.05) is 81.1 Å². The van der Waals surface area contributed by atoms with Crippen molar-refractivity contribution in [2.24, 2.45) is 5.92 Å². The first kappa shape index (κ1) is 20.3. The van der Waals surface area contributed by atoms with Gasteiger partial charge in [0.1, 0.15) is 5.82 Å². The minimum absolute atomic E-state index is 0.144. The zero-order chi connectivity index (χ0) is 17.6. The predicted octanol–water partition coefficient (Wildman–Crippen LogP) is 6.93. The molecule has 0 radical (unpaired) electrons. The van der Waals surface area contributed by atoms with Crippen molar-refractivity contribution in [1.82, 2.24) is 9.97 Å². The van der Waals surface area contributed by atoms with Crippen molar-refractivity contribution in [3.63, 3.8) is 0 Å². The zero-order valence-electron chi connectivity index (χ0n) is 16.9. The number of H-pyrrole nitrogens is 1. The van der Waals surface area contributed by atoms with Gasteiger partial charge in [-0.15, -0.1) is 0 Å². The summed E-state index contributed by atoms with van der Waals surface area (Å²) in [6.07, 6.45) is 7.54. The Morgan fingerprint density at radius 1 is 1.00 bits per heavy atom. The third kappa shape index (κ3) is 5.36. The molecule has 1 heterocycles. The van der Waals surface area contributed by atoms with Gasteiger partial charge < -0.3 is 4.98 Å². The molecule has 1 aromatic rings. The van der Waals surface area contributed by atoms with E-state index in [-0.39, 0.29) is 5.41 Å². The Bertz CT molecular complexity index is 456. The van der Waals surface area contributed by atoms with Gasteiger partial charge in [0.25, 0.3) is 0 Å². The molecule has 1 aromatic heterocycles. The highest BCUT2D eigenvalue weighted by Gasteiger charge is 2.29. The molecule has 23 heavy (non-hydrogen) atoms. The monoisotopic (exact) mass is 320 g/mol. The molecular formula is C21H40N2. The third-order valence-corrected chi connectivity index (χ3v) is 5.45. The van der Waals surface area contributed by atoms with Gasteiger partial charge in [-0.25, -0.2) is 4.98 Å². The van der Waals surface area contributed by atoms with Crippen LogP contribution in [0.1, 0.15) is 123 Å². The van der Waals surface area contributed by atoms with E-state index in [2.05, 4.69) is 60.4 Å². The van der Waals surface area contributed by atoms with Gasteiger partial charge in [0, 0.05) is 22.9 Å². The van der Waals surface area contributed by atoms with E-state index in [0.29, 0.717) is 17.8 Å². The van der Waals surface area contributed by atoms with E-state index in [0.717, 1.165) is 0 Å². The van der Waals surface area contributed by atoms with Gasteiger partial charge >= 0.3 is 0 Å². The lowest BCUT2D eigenvalue weighted by molar-refractivity contribution is 0.426. The van der Waals surface area contributed by atoms with Gasteiger partial charge in [0.05, 0.1) is 5.69 Å². The Morgan fingerprint density at radius 3 is 2.17 bits per heavy atom. The molecule has 0 amide bonds. The van der Waals surface area contributed by atoms with E-state index in [1.54, 1.807) is 0 Å². The lowest BCUT2D eigenvalue weighted by Crippen LogP contribution is -2.19. The summed E-state index contributed by atoms with van der Waals surface area (Å²) < 4.78 is 0. The number of aromatic nitrogens is 2. The van der Waals surface area contributed by atoms with Crippen LogP contribution in [-0.4, -0.2) is 9.97 Å². The van der Waals surface area contributed by atoms with Crippen LogP contribution in [0.3, 0.4) is 0 Å². The van der Waals surface area contributed by atoms with Gasteiger partial charge in [-0.05, 0) is 18.8 Å². The molecule has 134 valence electrons. The van der Waals surface area contributed by atoms with Gasteiger partial charge in [-0.3, -0.25) is 0 Å². The van der Waals surface area contributed by atoms with Gasteiger partial charge in [0.15, 0.2) is 0 Å². The molecule has 1 N–H and O–H groups in total. The molecule has 1 rings (SSSR count). The van der Waals surface area contributed by atoms with E-state index < -0.39 is 0 Å². The first-order valence-electron chi connectivity index (χ1n) is 9.84. The summed E-state index contributed by atoms with van der Waals surface area (Å²) in [5, 5.41) is 0. The highest BCUT2D eigenvalue weighted by atomic mass is 15.0. The minimum atomic E-state index is 0.144. The fraction of sp³-hybridized carbons (Fsp3) is 0.857. The molecule has 2 nitrogen and oxygen atoms in total. The predicted molar refractivity (Wildman–Crippen MR) is 102 cm³/mol. The second-order valence-electron chi connectivity index (χ2n) is 8.45. The van der Waals surface area contributed by atoms with Crippen LogP contribution in [0.25, 0.3) is 0 Å². The summed E-state index contributed by atoms with van der Waals surface area (Å²) in [6, 6.07) is 0. The Morgan fingerprint density at radius 2 is 1.65 bits per heavy atom. The highest BCUT2D eigenvalue weighted by Crippen LogP contribution is 2.35. The summed E-state index contributed by atoms with van der Waals surface area (Å²) in [6.45, 7) is 18.5. The molecule has 2 atom stereocenters. The summed E-state index contributed by atoms with van der Waals surface area (Å²) in [5.41, 5.74) is 2.86. The van der Waals surface area contributed by atoms with Crippen LogP contribution in [0, 0.1) is 5.92 Å². The highest BCUT2D eigenvalue weighted by molar-refractivity contribution is 5.25. The minimum Gasteiger partial charge on any atom is -0.345 e. The molecular weight excluding hydrogens is 280 g/mol. The number of hydrogen-bond donors (Lipinski definition) is 1. The van der Waals surface area contributed by atoms with Crippen LogP contribution in [0.5, 0.6) is 0 Å². The molecule has 0 aliphatic heterocycles. The maximum absolute atomic E-state index is 5.13. The smallest absolute Gasteiger partial charge is 0.112 e. The SMILES string of the molecule is CCCCCC(C)(C)c1nc(C(C)CCC)c(C(C)C(C)C)[nH]1. The normalized spacial score (nSPS) is 15.2. The van der Waals surface area contributed by atoms with Crippen molar-refractivity contribution in [3.8, 4) is 0 Å². The Hall–Kier alpha value is -0.790. The van der Waals surface area contributed by atoms with Crippen LogP contribution in [0.15, 0.2) is 0 Å². The molecule has 0 fully saturated rings. The zero-order valence-corrected chi connectivity index (χ0v) is 16.9. The first-order valence-corrected chi connectivity index (χ1v) is 9.84. The quantitative estimate of drug-likeness (QED) is 0.465. The van der Waals surface area contributed by atoms with E-state index in [1.807, 2.05) is 0 Å². The Kier molecular flexibility index (Phi) is 7.83.